The van der Waals surface area contributed by atoms with Crippen LogP contribution in [0, 0.1) is 5.82 Å². The van der Waals surface area contributed by atoms with Gasteiger partial charge in [-0.2, -0.15) is 0 Å². The highest BCUT2D eigenvalue weighted by molar-refractivity contribution is 7.88. The second-order valence-corrected chi connectivity index (χ2v) is 8.69. The average Bonchev–Trinajstić information content (AvgIpc) is 2.54. The summed E-state index contributed by atoms with van der Waals surface area (Å²) in [7, 11) is -3.32. The fourth-order valence-electron chi connectivity index (χ4n) is 2.37. The van der Waals surface area contributed by atoms with E-state index in [1.165, 1.54) is 12.1 Å². The van der Waals surface area contributed by atoms with Crippen LogP contribution in [0.3, 0.4) is 0 Å². The highest BCUT2D eigenvalue weighted by atomic mass is 32.2. The minimum atomic E-state index is -3.32. The fourth-order valence-corrected chi connectivity index (χ4v) is 3.43. The zero-order valence-corrected chi connectivity index (χ0v) is 17.5. The van der Waals surface area contributed by atoms with Crippen LogP contribution in [0.4, 0.5) is 4.39 Å². The van der Waals surface area contributed by atoms with Gasteiger partial charge in [-0.1, -0.05) is 13.0 Å². The molecule has 1 aromatic rings. The van der Waals surface area contributed by atoms with E-state index in [-0.39, 0.29) is 18.5 Å². The lowest BCUT2D eigenvalue weighted by molar-refractivity contribution is 0.198. The largest absolute Gasteiger partial charge is 0.489 e. The van der Waals surface area contributed by atoms with Gasteiger partial charge in [0.05, 0.1) is 19.3 Å². The molecule has 1 aromatic carbocycles. The van der Waals surface area contributed by atoms with E-state index in [9.17, 15) is 12.8 Å². The molecule has 9 heteroatoms. The van der Waals surface area contributed by atoms with Crippen molar-refractivity contribution < 1.29 is 17.5 Å². The molecule has 0 amide bonds. The first-order valence-electron chi connectivity index (χ1n) is 8.98. The summed E-state index contributed by atoms with van der Waals surface area (Å²) in [6.07, 6.45) is 1.68. The molecule has 154 valence electrons. The van der Waals surface area contributed by atoms with Gasteiger partial charge in [0.25, 0.3) is 0 Å². The van der Waals surface area contributed by atoms with Crippen molar-refractivity contribution in [1.82, 2.24) is 15.4 Å². The number of ether oxygens (including phenoxy) is 1. The van der Waals surface area contributed by atoms with Crippen molar-refractivity contribution in [2.75, 3.05) is 25.9 Å². The monoisotopic (exact) mass is 402 g/mol. The number of nitrogens with zero attached hydrogens (tertiary/aromatic N) is 1. The van der Waals surface area contributed by atoms with E-state index in [2.05, 4.69) is 20.3 Å². The summed E-state index contributed by atoms with van der Waals surface area (Å²) >= 11 is 0. The molecule has 3 N–H and O–H groups in total. The Morgan fingerprint density at radius 1 is 1.30 bits per heavy atom. The number of hydrogen-bond acceptors (Lipinski definition) is 4. The molecule has 0 bridgehead atoms. The van der Waals surface area contributed by atoms with Gasteiger partial charge in [-0.25, -0.2) is 17.5 Å². The highest BCUT2D eigenvalue weighted by Crippen LogP contribution is 2.14. The molecular formula is C18H31FN4O3S. The van der Waals surface area contributed by atoms with Crippen LogP contribution in [0.5, 0.6) is 5.75 Å². The van der Waals surface area contributed by atoms with Gasteiger partial charge in [0, 0.05) is 18.2 Å². The maximum absolute atomic E-state index is 13.3. The van der Waals surface area contributed by atoms with Gasteiger partial charge >= 0.3 is 0 Å². The summed E-state index contributed by atoms with van der Waals surface area (Å²) in [5, 5.41) is 6.30. The van der Waals surface area contributed by atoms with Crippen molar-refractivity contribution in [2.45, 2.75) is 45.8 Å². The number of aliphatic imine (C=N–C) groups is 1. The molecule has 1 atom stereocenters. The van der Waals surface area contributed by atoms with Crippen LogP contribution >= 0.6 is 0 Å². The molecule has 27 heavy (non-hydrogen) atoms. The molecule has 0 heterocycles. The van der Waals surface area contributed by atoms with Crippen molar-refractivity contribution in [2.24, 2.45) is 4.99 Å². The summed E-state index contributed by atoms with van der Waals surface area (Å²) in [5.41, 5.74) is -0.710. The maximum Gasteiger partial charge on any atom is 0.209 e. The predicted molar refractivity (Wildman–Crippen MR) is 107 cm³/mol. The van der Waals surface area contributed by atoms with Gasteiger partial charge in [0.2, 0.25) is 10.0 Å². The standard InChI is InChI=1S/C18H31FN4O3S/c1-6-15(26-16-10-8-9-14(19)11-16)12-21-17(20-7-2)22-13-18(3,4)23-27(5,24)25/h8-11,15,23H,6-7,12-13H2,1-5H3,(H2,20,21,22). The van der Waals surface area contributed by atoms with Gasteiger partial charge < -0.3 is 15.4 Å². The number of sulfonamides is 1. The number of benzene rings is 1. The lowest BCUT2D eigenvalue weighted by atomic mass is 10.1. The summed E-state index contributed by atoms with van der Waals surface area (Å²) in [6.45, 7) is 8.85. The van der Waals surface area contributed by atoms with Crippen LogP contribution in [0.15, 0.2) is 29.3 Å². The first-order chi connectivity index (χ1) is 12.5. The third-order valence-electron chi connectivity index (χ3n) is 3.49. The van der Waals surface area contributed by atoms with Crippen LogP contribution in [-0.2, 0) is 10.0 Å². The zero-order chi connectivity index (χ0) is 20.5. The van der Waals surface area contributed by atoms with Gasteiger partial charge in [-0.15, -0.1) is 0 Å². The van der Waals surface area contributed by atoms with Gasteiger partial charge in [0.1, 0.15) is 17.7 Å². The highest BCUT2D eigenvalue weighted by Gasteiger charge is 2.22. The molecule has 0 aliphatic heterocycles. The molecule has 1 unspecified atom stereocenters. The topological polar surface area (TPSA) is 91.8 Å². The zero-order valence-electron chi connectivity index (χ0n) is 16.7. The molecule has 0 spiro atoms. The fraction of sp³-hybridized carbons (Fsp3) is 0.611. The second kappa shape index (κ2) is 10.5. The van der Waals surface area contributed by atoms with E-state index in [1.807, 2.05) is 13.8 Å². The molecule has 1 rings (SSSR count). The summed E-state index contributed by atoms with van der Waals surface area (Å²) in [6, 6.07) is 6.03. The number of guanidine groups is 1. The van der Waals surface area contributed by atoms with Crippen LogP contribution in [0.25, 0.3) is 0 Å². The van der Waals surface area contributed by atoms with E-state index in [0.29, 0.717) is 24.8 Å². The lowest BCUT2D eigenvalue weighted by Crippen LogP contribution is -2.47. The Morgan fingerprint density at radius 3 is 2.56 bits per heavy atom. The molecule has 0 aromatic heterocycles. The van der Waals surface area contributed by atoms with Crippen LogP contribution in [0.1, 0.15) is 34.1 Å². The van der Waals surface area contributed by atoms with Crippen LogP contribution < -0.4 is 20.1 Å². The Kier molecular flexibility index (Phi) is 8.98. The third kappa shape index (κ3) is 10.1. The minimum Gasteiger partial charge on any atom is -0.489 e. The van der Waals surface area contributed by atoms with Crippen molar-refractivity contribution in [1.29, 1.82) is 0 Å². The summed E-state index contributed by atoms with van der Waals surface area (Å²) in [4.78, 5) is 4.45. The van der Waals surface area contributed by atoms with E-state index >= 15 is 0 Å². The lowest BCUT2D eigenvalue weighted by Gasteiger charge is -2.24. The quantitative estimate of drug-likeness (QED) is 0.410. The number of nitrogens with one attached hydrogen (secondary N) is 3. The third-order valence-corrected chi connectivity index (χ3v) is 4.41. The SMILES string of the molecule is CCNC(=NCC(C)(C)NS(C)(=O)=O)NCC(CC)Oc1cccc(F)c1. The Bertz CT molecular complexity index is 723. The van der Waals surface area contributed by atoms with Gasteiger partial charge in [0.15, 0.2) is 5.96 Å². The average molecular weight is 403 g/mol. The Hall–Kier alpha value is -1.87. The first kappa shape index (κ1) is 23.2. The van der Waals surface area contributed by atoms with E-state index in [4.69, 9.17) is 4.74 Å². The molecule has 0 aliphatic rings. The molecule has 0 radical (unpaired) electrons. The molecule has 0 saturated carbocycles. The predicted octanol–water partition coefficient (Wildman–Crippen LogP) is 1.87. The second-order valence-electron chi connectivity index (χ2n) is 6.94. The number of hydrogen-bond donors (Lipinski definition) is 3. The summed E-state index contributed by atoms with van der Waals surface area (Å²) in [5.74, 6) is 0.692. The molecule has 7 nitrogen and oxygen atoms in total. The van der Waals surface area contributed by atoms with Gasteiger partial charge in [-0.05, 0) is 39.3 Å². The smallest absolute Gasteiger partial charge is 0.209 e. The van der Waals surface area contributed by atoms with Crippen molar-refractivity contribution in [3.63, 3.8) is 0 Å². The molecular weight excluding hydrogens is 371 g/mol. The van der Waals surface area contributed by atoms with Crippen molar-refractivity contribution in [3.8, 4) is 5.75 Å². The van der Waals surface area contributed by atoms with Crippen LogP contribution in [0.2, 0.25) is 0 Å². The van der Waals surface area contributed by atoms with E-state index in [0.717, 1.165) is 12.7 Å². The van der Waals surface area contributed by atoms with E-state index in [1.54, 1.807) is 26.0 Å². The Labute approximate surface area is 161 Å². The summed E-state index contributed by atoms with van der Waals surface area (Å²) < 4.78 is 44.5. The molecule has 0 aliphatic carbocycles. The maximum atomic E-state index is 13.3. The Balaban J connectivity index is 2.68. The number of rotatable bonds is 10. The van der Waals surface area contributed by atoms with Crippen LogP contribution in [-0.4, -0.2) is 51.9 Å². The van der Waals surface area contributed by atoms with E-state index < -0.39 is 15.6 Å². The van der Waals surface area contributed by atoms with Crippen molar-refractivity contribution in [3.05, 3.63) is 30.1 Å². The van der Waals surface area contributed by atoms with Crippen molar-refractivity contribution >= 4 is 16.0 Å². The molecule has 0 saturated heterocycles. The normalized spacial score (nSPS) is 13.9. The minimum absolute atomic E-state index is 0.169. The molecule has 0 fully saturated rings. The Morgan fingerprint density at radius 2 is 2.00 bits per heavy atom. The first-order valence-corrected chi connectivity index (χ1v) is 10.9. The van der Waals surface area contributed by atoms with Gasteiger partial charge in [-0.3, -0.25) is 4.99 Å². The number of halogens is 1.